The van der Waals surface area contributed by atoms with Crippen LogP contribution in [-0.2, 0) is 17.9 Å². The van der Waals surface area contributed by atoms with Gasteiger partial charge in [0.2, 0.25) is 5.91 Å². The Morgan fingerprint density at radius 1 is 1.36 bits per heavy atom. The van der Waals surface area contributed by atoms with Crippen LogP contribution in [0.3, 0.4) is 0 Å². The highest BCUT2D eigenvalue weighted by Gasteiger charge is 2.35. The van der Waals surface area contributed by atoms with Gasteiger partial charge in [-0.15, -0.1) is 0 Å². The first kappa shape index (κ1) is 15.5. The van der Waals surface area contributed by atoms with Crippen LogP contribution in [0.5, 0.6) is 0 Å². The summed E-state index contributed by atoms with van der Waals surface area (Å²) in [5.74, 6) is 0.854. The number of hydrogen-bond donors (Lipinski definition) is 0. The molecule has 0 N–H and O–H groups in total. The molecule has 1 aliphatic heterocycles. The van der Waals surface area contributed by atoms with Gasteiger partial charge in [0, 0.05) is 44.8 Å². The summed E-state index contributed by atoms with van der Waals surface area (Å²) in [6.07, 6.45) is 7.76. The second-order valence-electron chi connectivity index (χ2n) is 6.91. The molecule has 1 aliphatic carbocycles. The zero-order valence-corrected chi connectivity index (χ0v) is 13.9. The van der Waals surface area contributed by atoms with Gasteiger partial charge in [0.25, 0.3) is 0 Å². The van der Waals surface area contributed by atoms with Gasteiger partial charge in [0.05, 0.1) is 5.69 Å². The Morgan fingerprint density at radius 3 is 2.82 bits per heavy atom. The zero-order chi connectivity index (χ0) is 15.5. The molecule has 1 atom stereocenters. The lowest BCUT2D eigenvalue weighted by Gasteiger charge is -2.25. The van der Waals surface area contributed by atoms with Crippen LogP contribution < -0.4 is 0 Å². The van der Waals surface area contributed by atoms with E-state index in [-0.39, 0.29) is 0 Å². The van der Waals surface area contributed by atoms with E-state index in [1.807, 2.05) is 10.9 Å². The standard InChI is InChI=1S/C17H28N4O/c1-3-20-9-8-15(18-20)13-19(2)11-14-10-17(22)21(12-14)16-6-4-5-7-16/h8-9,14,16H,3-7,10-13H2,1-2H3/t14-/m0/s1. The maximum Gasteiger partial charge on any atom is 0.223 e. The highest BCUT2D eigenvalue weighted by Crippen LogP contribution is 2.29. The molecular formula is C17H28N4O. The van der Waals surface area contributed by atoms with Crippen molar-refractivity contribution in [3.8, 4) is 0 Å². The summed E-state index contributed by atoms with van der Waals surface area (Å²) in [6, 6.07) is 2.62. The predicted octanol–water partition coefficient (Wildman–Crippen LogP) is 2.13. The van der Waals surface area contributed by atoms with Gasteiger partial charge >= 0.3 is 0 Å². The number of carbonyl (C=O) groups excluding carboxylic acids is 1. The molecule has 0 spiro atoms. The molecule has 0 unspecified atom stereocenters. The first-order valence-electron chi connectivity index (χ1n) is 8.66. The van der Waals surface area contributed by atoms with Crippen molar-refractivity contribution in [1.29, 1.82) is 0 Å². The Balaban J connectivity index is 1.49. The number of aryl methyl sites for hydroxylation is 1. The van der Waals surface area contributed by atoms with Crippen LogP contribution in [-0.4, -0.2) is 51.7 Å². The quantitative estimate of drug-likeness (QED) is 0.808. The van der Waals surface area contributed by atoms with Crippen LogP contribution in [0.2, 0.25) is 0 Å². The van der Waals surface area contributed by atoms with Crippen molar-refractivity contribution in [3.05, 3.63) is 18.0 Å². The van der Waals surface area contributed by atoms with Gasteiger partial charge in [-0.1, -0.05) is 12.8 Å². The second-order valence-corrected chi connectivity index (χ2v) is 6.91. The number of carbonyl (C=O) groups is 1. The van der Waals surface area contributed by atoms with E-state index in [4.69, 9.17) is 0 Å². The highest BCUT2D eigenvalue weighted by molar-refractivity contribution is 5.79. The third-order valence-corrected chi connectivity index (χ3v) is 5.03. The first-order chi connectivity index (χ1) is 10.7. The average Bonchev–Trinajstić information content (AvgIpc) is 3.19. The van der Waals surface area contributed by atoms with Gasteiger partial charge in [-0.2, -0.15) is 5.10 Å². The lowest BCUT2D eigenvalue weighted by atomic mass is 10.1. The van der Waals surface area contributed by atoms with Crippen LogP contribution >= 0.6 is 0 Å². The molecule has 1 aromatic heterocycles. The Hall–Kier alpha value is -1.36. The van der Waals surface area contributed by atoms with E-state index < -0.39 is 0 Å². The number of likely N-dealkylation sites (tertiary alicyclic amines) is 1. The summed E-state index contributed by atoms with van der Waals surface area (Å²) in [6.45, 7) is 5.81. The fraction of sp³-hybridized carbons (Fsp3) is 0.765. The third kappa shape index (κ3) is 3.51. The fourth-order valence-corrected chi connectivity index (χ4v) is 3.95. The molecule has 5 nitrogen and oxygen atoms in total. The fourth-order valence-electron chi connectivity index (χ4n) is 3.95. The maximum absolute atomic E-state index is 12.2. The molecule has 22 heavy (non-hydrogen) atoms. The summed E-state index contributed by atoms with van der Waals surface area (Å²) >= 11 is 0. The number of hydrogen-bond acceptors (Lipinski definition) is 3. The molecule has 2 heterocycles. The maximum atomic E-state index is 12.2. The summed E-state index contributed by atoms with van der Waals surface area (Å²) in [7, 11) is 2.13. The summed E-state index contributed by atoms with van der Waals surface area (Å²) in [5.41, 5.74) is 1.11. The minimum absolute atomic E-state index is 0.376. The summed E-state index contributed by atoms with van der Waals surface area (Å²) in [4.78, 5) is 16.7. The summed E-state index contributed by atoms with van der Waals surface area (Å²) in [5, 5.41) is 4.53. The first-order valence-corrected chi connectivity index (χ1v) is 8.66. The molecule has 2 aliphatic rings. The van der Waals surface area contributed by atoms with Crippen molar-refractivity contribution in [1.82, 2.24) is 19.6 Å². The smallest absolute Gasteiger partial charge is 0.223 e. The molecule has 2 fully saturated rings. The monoisotopic (exact) mass is 304 g/mol. The number of nitrogens with zero attached hydrogens (tertiary/aromatic N) is 4. The van der Waals surface area contributed by atoms with E-state index in [1.165, 1.54) is 25.7 Å². The molecule has 1 amide bonds. The molecule has 0 radical (unpaired) electrons. The Morgan fingerprint density at radius 2 is 2.14 bits per heavy atom. The molecule has 1 saturated heterocycles. The third-order valence-electron chi connectivity index (χ3n) is 5.03. The Kier molecular flexibility index (Phi) is 4.81. The minimum atomic E-state index is 0.376. The van der Waals surface area contributed by atoms with E-state index in [1.54, 1.807) is 0 Å². The van der Waals surface area contributed by atoms with Crippen molar-refractivity contribution in [2.75, 3.05) is 20.1 Å². The van der Waals surface area contributed by atoms with Crippen molar-refractivity contribution in [2.24, 2.45) is 5.92 Å². The van der Waals surface area contributed by atoms with Crippen molar-refractivity contribution >= 4 is 5.91 Å². The average molecular weight is 304 g/mol. The van der Waals surface area contributed by atoms with Crippen LogP contribution in [0, 0.1) is 5.92 Å². The van der Waals surface area contributed by atoms with E-state index in [2.05, 4.69) is 34.9 Å². The topological polar surface area (TPSA) is 41.4 Å². The Labute approximate surface area is 133 Å². The molecule has 5 heteroatoms. The normalized spacial score (nSPS) is 23.1. The molecular weight excluding hydrogens is 276 g/mol. The van der Waals surface area contributed by atoms with E-state index in [0.717, 1.165) is 38.3 Å². The molecule has 0 aromatic carbocycles. The summed E-state index contributed by atoms with van der Waals surface area (Å²) < 4.78 is 1.96. The van der Waals surface area contributed by atoms with Crippen LogP contribution in [0.15, 0.2) is 12.3 Å². The largest absolute Gasteiger partial charge is 0.339 e. The molecule has 0 bridgehead atoms. The van der Waals surface area contributed by atoms with Crippen molar-refractivity contribution < 1.29 is 4.79 Å². The number of rotatable bonds is 6. The van der Waals surface area contributed by atoms with Crippen LogP contribution in [0.25, 0.3) is 0 Å². The van der Waals surface area contributed by atoms with E-state index in [0.29, 0.717) is 17.9 Å². The number of amides is 1. The second kappa shape index (κ2) is 6.82. The van der Waals surface area contributed by atoms with E-state index in [9.17, 15) is 4.79 Å². The zero-order valence-electron chi connectivity index (χ0n) is 13.9. The highest BCUT2D eigenvalue weighted by atomic mass is 16.2. The number of aromatic nitrogens is 2. The van der Waals surface area contributed by atoms with Crippen LogP contribution in [0.4, 0.5) is 0 Å². The lowest BCUT2D eigenvalue weighted by Crippen LogP contribution is -2.35. The van der Waals surface area contributed by atoms with Gasteiger partial charge in [-0.05, 0) is 38.8 Å². The van der Waals surface area contributed by atoms with Gasteiger partial charge in [-0.3, -0.25) is 9.48 Å². The molecule has 3 rings (SSSR count). The lowest BCUT2D eigenvalue weighted by molar-refractivity contribution is -0.129. The van der Waals surface area contributed by atoms with Gasteiger partial charge in [-0.25, -0.2) is 0 Å². The molecule has 1 saturated carbocycles. The SMILES string of the molecule is CCn1ccc(CN(C)C[C@@H]2CC(=O)N(C3CCCC3)C2)n1. The van der Waals surface area contributed by atoms with Crippen LogP contribution in [0.1, 0.15) is 44.7 Å². The molecule has 122 valence electrons. The Bertz CT molecular complexity index is 507. The predicted molar refractivity (Wildman–Crippen MR) is 86.3 cm³/mol. The van der Waals surface area contributed by atoms with Gasteiger partial charge in [0.1, 0.15) is 0 Å². The molecule has 1 aromatic rings. The van der Waals surface area contributed by atoms with E-state index >= 15 is 0 Å². The van der Waals surface area contributed by atoms with Crippen molar-refractivity contribution in [2.45, 2.75) is 58.2 Å². The van der Waals surface area contributed by atoms with Crippen molar-refractivity contribution in [3.63, 3.8) is 0 Å². The van der Waals surface area contributed by atoms with Gasteiger partial charge in [0.15, 0.2) is 0 Å². The minimum Gasteiger partial charge on any atom is -0.339 e. The van der Waals surface area contributed by atoms with Gasteiger partial charge < -0.3 is 9.80 Å².